The lowest BCUT2D eigenvalue weighted by Crippen LogP contribution is -2.40. The van der Waals surface area contributed by atoms with E-state index in [0.29, 0.717) is 59.1 Å². The number of aromatic nitrogens is 3. The molecular weight excluding hydrogens is 636 g/mol. The number of H-pyrrole nitrogens is 1. The summed E-state index contributed by atoms with van der Waals surface area (Å²) < 4.78 is 17.2. The molecule has 1 aromatic heterocycles. The van der Waals surface area contributed by atoms with Crippen molar-refractivity contribution in [3.05, 3.63) is 75.7 Å². The average molecular weight is 683 g/mol. The first kappa shape index (κ1) is 35.9. The lowest BCUT2D eigenvalue weighted by molar-refractivity contribution is -0.120. The van der Waals surface area contributed by atoms with Crippen LogP contribution in [0.4, 0.5) is 11.4 Å². The van der Waals surface area contributed by atoms with Crippen molar-refractivity contribution in [2.45, 2.75) is 71.9 Å². The van der Waals surface area contributed by atoms with E-state index in [2.05, 4.69) is 31.1 Å². The highest BCUT2D eigenvalue weighted by Gasteiger charge is 2.30. The number of rotatable bonds is 12. The molecule has 0 aliphatic heterocycles. The van der Waals surface area contributed by atoms with Gasteiger partial charge in [-0.15, -0.1) is 0 Å². The largest absolute Gasteiger partial charge is 0.493 e. The van der Waals surface area contributed by atoms with Crippen LogP contribution in [0.1, 0.15) is 76.4 Å². The van der Waals surface area contributed by atoms with Gasteiger partial charge >= 0.3 is 0 Å². The van der Waals surface area contributed by atoms with Gasteiger partial charge in [-0.25, -0.2) is 4.98 Å². The maximum atomic E-state index is 14.0. The number of carbonyl (C=O) groups excluding carboxylic acids is 2. The lowest BCUT2D eigenvalue weighted by Gasteiger charge is -2.24. The van der Waals surface area contributed by atoms with Crippen LogP contribution in [0.15, 0.2) is 53.3 Å². The van der Waals surface area contributed by atoms with Crippen molar-refractivity contribution in [3.8, 4) is 39.8 Å². The quantitative estimate of drug-likeness (QED) is 0.136. The van der Waals surface area contributed by atoms with Gasteiger partial charge in [0.25, 0.3) is 0 Å². The Bertz CT molecular complexity index is 1920. The minimum Gasteiger partial charge on any atom is -0.493 e. The molecule has 264 valence electrons. The topological polar surface area (TPSA) is 157 Å². The monoisotopic (exact) mass is 682 g/mol. The summed E-state index contributed by atoms with van der Waals surface area (Å²) in [7, 11) is 4.66. The summed E-state index contributed by atoms with van der Waals surface area (Å²) in [5.41, 5.74) is 4.38. The summed E-state index contributed by atoms with van der Waals surface area (Å²) in [6, 6.07) is 13.1. The van der Waals surface area contributed by atoms with Crippen LogP contribution >= 0.6 is 0 Å². The minimum absolute atomic E-state index is 0.121. The molecule has 1 aliphatic rings. The van der Waals surface area contributed by atoms with Gasteiger partial charge in [0.2, 0.25) is 23.0 Å². The van der Waals surface area contributed by atoms with Gasteiger partial charge in [0, 0.05) is 29.7 Å². The molecule has 2 amide bonds. The second kappa shape index (κ2) is 15.4. The number of carbonyl (C=O) groups is 2. The second-order valence-electron chi connectivity index (χ2n) is 12.9. The molecule has 3 aromatic carbocycles. The molecular formula is C38H46N6O6. The normalized spacial score (nSPS) is 14.8. The maximum absolute atomic E-state index is 14.0. The average Bonchev–Trinajstić information content (AvgIpc) is 3.49. The van der Waals surface area contributed by atoms with Crippen molar-refractivity contribution in [3.63, 3.8) is 0 Å². The third-order valence-corrected chi connectivity index (χ3v) is 9.18. The zero-order valence-corrected chi connectivity index (χ0v) is 29.9. The summed E-state index contributed by atoms with van der Waals surface area (Å²) in [6.45, 7) is 9.50. The number of anilines is 2. The zero-order chi connectivity index (χ0) is 36.1. The molecule has 1 heterocycles. The molecule has 4 aromatic rings. The van der Waals surface area contributed by atoms with E-state index in [-0.39, 0.29) is 34.8 Å². The van der Waals surface area contributed by atoms with E-state index < -0.39 is 12.1 Å². The van der Waals surface area contributed by atoms with Crippen LogP contribution < -0.4 is 35.6 Å². The Labute approximate surface area is 292 Å². The molecule has 0 fully saturated rings. The summed E-state index contributed by atoms with van der Waals surface area (Å²) in [5, 5.41) is 16.6. The molecule has 50 heavy (non-hydrogen) atoms. The van der Waals surface area contributed by atoms with Crippen LogP contribution in [0, 0.1) is 5.92 Å². The van der Waals surface area contributed by atoms with Gasteiger partial charge in [0.05, 0.1) is 33.1 Å². The first-order valence-corrected chi connectivity index (χ1v) is 16.9. The van der Waals surface area contributed by atoms with E-state index in [1.54, 1.807) is 45.6 Å². The SMILES string of the molecule is CC[C@@H](C)[C@H](Nc1ccc2c(cc1=O)[C@@H](NC(C)=O)CCc1cc(OC)c(OC)c(OC)c1-2)C(=O)Nc1ccc(-c2n[nH]c(C(C)C)n2)cc1. The van der Waals surface area contributed by atoms with Gasteiger partial charge in [-0.2, -0.15) is 5.10 Å². The predicted octanol–water partition coefficient (Wildman–Crippen LogP) is 6.24. The van der Waals surface area contributed by atoms with Gasteiger partial charge in [0.15, 0.2) is 17.3 Å². The smallest absolute Gasteiger partial charge is 0.247 e. The van der Waals surface area contributed by atoms with Crippen molar-refractivity contribution in [2.24, 2.45) is 5.92 Å². The van der Waals surface area contributed by atoms with E-state index in [0.717, 1.165) is 22.5 Å². The number of benzene rings is 2. The molecule has 12 nitrogen and oxygen atoms in total. The van der Waals surface area contributed by atoms with Crippen molar-refractivity contribution < 1.29 is 23.8 Å². The first-order valence-electron chi connectivity index (χ1n) is 16.9. The minimum atomic E-state index is -0.728. The molecule has 3 atom stereocenters. The Balaban J connectivity index is 1.51. The molecule has 0 bridgehead atoms. The molecule has 0 saturated heterocycles. The van der Waals surface area contributed by atoms with Crippen LogP contribution in [-0.4, -0.2) is 54.4 Å². The molecule has 0 spiro atoms. The number of nitrogens with one attached hydrogen (secondary N) is 4. The molecule has 0 unspecified atom stereocenters. The highest BCUT2D eigenvalue weighted by molar-refractivity contribution is 5.97. The molecule has 12 heteroatoms. The molecule has 1 aliphatic carbocycles. The van der Waals surface area contributed by atoms with Crippen molar-refractivity contribution >= 4 is 23.2 Å². The molecule has 0 saturated carbocycles. The Morgan fingerprint density at radius 2 is 1.70 bits per heavy atom. The van der Waals surface area contributed by atoms with Gasteiger partial charge in [0.1, 0.15) is 11.9 Å². The molecule has 5 rings (SSSR count). The number of methoxy groups -OCH3 is 3. The summed E-state index contributed by atoms with van der Waals surface area (Å²) in [4.78, 5) is 44.7. The fourth-order valence-electron chi connectivity index (χ4n) is 6.28. The van der Waals surface area contributed by atoms with Crippen molar-refractivity contribution in [1.29, 1.82) is 0 Å². The molecule has 4 N–H and O–H groups in total. The summed E-state index contributed by atoms with van der Waals surface area (Å²) in [5.74, 6) is 2.40. The van der Waals surface area contributed by atoms with Crippen LogP contribution in [0.5, 0.6) is 17.2 Å². The van der Waals surface area contributed by atoms with E-state index >= 15 is 0 Å². The number of aromatic amines is 1. The van der Waals surface area contributed by atoms with E-state index in [1.165, 1.54) is 6.92 Å². The van der Waals surface area contributed by atoms with Gasteiger partial charge < -0.3 is 30.2 Å². The predicted molar refractivity (Wildman–Crippen MR) is 194 cm³/mol. The van der Waals surface area contributed by atoms with Crippen LogP contribution in [-0.2, 0) is 16.0 Å². The van der Waals surface area contributed by atoms with Gasteiger partial charge in [-0.1, -0.05) is 40.2 Å². The van der Waals surface area contributed by atoms with E-state index in [9.17, 15) is 14.4 Å². The van der Waals surface area contributed by atoms with Crippen LogP contribution in [0.3, 0.4) is 0 Å². The highest BCUT2D eigenvalue weighted by Crippen LogP contribution is 2.50. The number of hydrogen-bond acceptors (Lipinski definition) is 9. The van der Waals surface area contributed by atoms with Gasteiger partial charge in [-0.05, 0) is 77.9 Å². The van der Waals surface area contributed by atoms with E-state index in [1.807, 2.05) is 52.0 Å². The standard InChI is InChI=1S/C38H46N6O6/c1-9-21(4)33(38(47)40-25-13-10-23(11-14-25)37-42-36(20(2)3)43-44-37)41-29-17-15-26-27(19-30(29)46)28(39-22(5)45)16-12-24-18-31(48-6)34(49-7)35(50-8)32(24)26/h10-11,13-15,17-21,28,33H,9,12,16H2,1-8H3,(H,39,45)(H,40,47)(H,41,46)(H,42,43,44)/t21-,28+,33+/m1/s1. The second-order valence-corrected chi connectivity index (χ2v) is 12.9. The Hall–Kier alpha value is -5.39. The number of ether oxygens (including phenoxy) is 3. The van der Waals surface area contributed by atoms with Gasteiger partial charge in [-0.3, -0.25) is 19.5 Å². The van der Waals surface area contributed by atoms with Crippen molar-refractivity contribution in [1.82, 2.24) is 20.5 Å². The third kappa shape index (κ3) is 7.44. The Morgan fingerprint density at radius 3 is 2.30 bits per heavy atom. The summed E-state index contributed by atoms with van der Waals surface area (Å²) in [6.07, 6.45) is 1.81. The van der Waals surface area contributed by atoms with E-state index in [4.69, 9.17) is 14.2 Å². The zero-order valence-electron chi connectivity index (χ0n) is 29.9. The highest BCUT2D eigenvalue weighted by atomic mass is 16.5. The van der Waals surface area contributed by atoms with Crippen LogP contribution in [0.2, 0.25) is 0 Å². The molecule has 0 radical (unpaired) electrons. The Morgan fingerprint density at radius 1 is 0.980 bits per heavy atom. The van der Waals surface area contributed by atoms with Crippen molar-refractivity contribution in [2.75, 3.05) is 32.0 Å². The summed E-state index contributed by atoms with van der Waals surface area (Å²) >= 11 is 0. The maximum Gasteiger partial charge on any atom is 0.247 e. The fourth-order valence-corrected chi connectivity index (χ4v) is 6.28. The fraction of sp³-hybridized carbons (Fsp3) is 0.395. The number of nitrogens with zero attached hydrogens (tertiary/aromatic N) is 2. The number of amides is 2. The third-order valence-electron chi connectivity index (χ3n) is 9.18. The number of fused-ring (bicyclic) bond motifs is 3. The first-order chi connectivity index (χ1) is 24.0. The number of aryl methyl sites for hydroxylation is 1. The lowest BCUT2D eigenvalue weighted by atomic mass is 9.95. The number of hydrogen-bond donors (Lipinski definition) is 4. The van der Waals surface area contributed by atoms with Crippen LogP contribution in [0.25, 0.3) is 22.5 Å². The Kier molecular flexibility index (Phi) is 11.1.